The summed E-state index contributed by atoms with van der Waals surface area (Å²) in [6.45, 7) is 1.28. The first kappa shape index (κ1) is 10.7. The van der Waals surface area contributed by atoms with E-state index >= 15 is 0 Å². The minimum absolute atomic E-state index is 0.140. The van der Waals surface area contributed by atoms with E-state index in [4.69, 9.17) is 0 Å². The van der Waals surface area contributed by atoms with Crippen LogP contribution in [0.5, 0.6) is 0 Å². The van der Waals surface area contributed by atoms with E-state index in [1.165, 1.54) is 19.2 Å². The Kier molecular flexibility index (Phi) is 2.22. The Morgan fingerprint density at radius 3 is 2.69 bits per heavy atom. The molecule has 0 aliphatic carbocycles. The number of carbonyl (C=O) groups is 1. The van der Waals surface area contributed by atoms with E-state index in [-0.39, 0.29) is 17.1 Å². The molecule has 2 rings (SSSR count). The number of nitrogens with zero attached hydrogens (tertiary/aromatic N) is 2. The summed E-state index contributed by atoms with van der Waals surface area (Å²) in [5.74, 6) is -0.327. The van der Waals surface area contributed by atoms with Crippen LogP contribution < -0.4 is 0 Å². The number of alkyl halides is 3. The molecule has 0 spiro atoms. The van der Waals surface area contributed by atoms with E-state index in [2.05, 4.69) is 4.98 Å². The topological polar surface area (TPSA) is 34.4 Å². The van der Waals surface area contributed by atoms with E-state index < -0.39 is 11.7 Å². The van der Waals surface area contributed by atoms with Crippen molar-refractivity contribution in [2.75, 3.05) is 0 Å². The van der Waals surface area contributed by atoms with Crippen molar-refractivity contribution in [2.45, 2.75) is 13.1 Å². The third-order valence-electron chi connectivity index (χ3n) is 2.20. The van der Waals surface area contributed by atoms with Crippen molar-refractivity contribution >= 4 is 11.4 Å². The van der Waals surface area contributed by atoms with Gasteiger partial charge in [-0.15, -0.1) is 0 Å². The van der Waals surface area contributed by atoms with Crippen LogP contribution in [-0.4, -0.2) is 15.2 Å². The van der Waals surface area contributed by atoms with Crippen LogP contribution in [0.4, 0.5) is 13.2 Å². The van der Waals surface area contributed by atoms with Gasteiger partial charge in [-0.3, -0.25) is 9.20 Å². The summed E-state index contributed by atoms with van der Waals surface area (Å²) in [7, 11) is 0. The monoisotopic (exact) mass is 228 g/mol. The zero-order chi connectivity index (χ0) is 11.9. The van der Waals surface area contributed by atoms with E-state index in [9.17, 15) is 18.0 Å². The quantitative estimate of drug-likeness (QED) is 0.703. The van der Waals surface area contributed by atoms with Crippen LogP contribution in [0.2, 0.25) is 0 Å². The lowest BCUT2D eigenvalue weighted by molar-refractivity contribution is -0.136. The van der Waals surface area contributed by atoms with Gasteiger partial charge in [0.15, 0.2) is 5.78 Å². The van der Waals surface area contributed by atoms with Gasteiger partial charge in [0, 0.05) is 13.1 Å². The Balaban J connectivity index is 2.77. The fraction of sp³-hybridized carbons (Fsp3) is 0.200. The SMILES string of the molecule is CC(=O)c1cnc2c(C(F)(F)F)cccn12. The van der Waals surface area contributed by atoms with Gasteiger partial charge in [0.1, 0.15) is 11.3 Å². The summed E-state index contributed by atoms with van der Waals surface area (Å²) in [4.78, 5) is 14.8. The first-order valence-corrected chi connectivity index (χ1v) is 4.45. The maximum atomic E-state index is 12.6. The number of imidazole rings is 1. The van der Waals surface area contributed by atoms with Gasteiger partial charge in [0.25, 0.3) is 0 Å². The van der Waals surface area contributed by atoms with Crippen LogP contribution in [0.25, 0.3) is 5.65 Å². The number of Topliss-reactive ketones (excluding diaryl/α,β-unsaturated/α-hetero) is 1. The van der Waals surface area contributed by atoms with Crippen molar-refractivity contribution < 1.29 is 18.0 Å². The minimum atomic E-state index is -4.47. The third kappa shape index (κ3) is 1.56. The van der Waals surface area contributed by atoms with Crippen LogP contribution >= 0.6 is 0 Å². The molecule has 2 heterocycles. The number of hydrogen-bond donors (Lipinski definition) is 0. The summed E-state index contributed by atoms with van der Waals surface area (Å²) in [5.41, 5.74) is -0.955. The van der Waals surface area contributed by atoms with Gasteiger partial charge in [-0.25, -0.2) is 4.98 Å². The molecule has 0 unspecified atom stereocenters. The molecule has 0 amide bonds. The highest BCUT2D eigenvalue weighted by atomic mass is 19.4. The lowest BCUT2D eigenvalue weighted by atomic mass is 10.2. The number of aromatic nitrogens is 2. The largest absolute Gasteiger partial charge is 0.419 e. The number of rotatable bonds is 1. The molecule has 0 aromatic carbocycles. The van der Waals surface area contributed by atoms with Gasteiger partial charge in [-0.05, 0) is 12.1 Å². The number of halogens is 3. The second kappa shape index (κ2) is 3.33. The highest BCUT2D eigenvalue weighted by Crippen LogP contribution is 2.32. The molecule has 0 fully saturated rings. The molecular weight excluding hydrogens is 221 g/mol. The molecule has 0 saturated heterocycles. The second-order valence-corrected chi connectivity index (χ2v) is 3.31. The molecule has 6 heteroatoms. The van der Waals surface area contributed by atoms with Gasteiger partial charge in [-0.2, -0.15) is 13.2 Å². The number of carbonyl (C=O) groups excluding carboxylic acids is 1. The Morgan fingerprint density at radius 1 is 1.44 bits per heavy atom. The predicted molar refractivity (Wildman–Crippen MR) is 50.2 cm³/mol. The van der Waals surface area contributed by atoms with Gasteiger partial charge in [-0.1, -0.05) is 0 Å². The zero-order valence-corrected chi connectivity index (χ0v) is 8.25. The Bertz CT molecular complexity index is 557. The average Bonchev–Trinajstić information content (AvgIpc) is 2.58. The highest BCUT2D eigenvalue weighted by molar-refractivity contribution is 5.93. The molecule has 2 aromatic heterocycles. The first-order chi connectivity index (χ1) is 7.41. The van der Waals surface area contributed by atoms with Crippen LogP contribution in [0.1, 0.15) is 23.0 Å². The minimum Gasteiger partial charge on any atom is -0.297 e. The molecule has 3 nitrogen and oxygen atoms in total. The Morgan fingerprint density at radius 2 is 2.12 bits per heavy atom. The molecule has 2 aromatic rings. The standard InChI is InChI=1S/C10H7F3N2O/c1-6(16)8-5-14-9-7(10(11,12)13)3-2-4-15(8)9/h2-5H,1H3. The van der Waals surface area contributed by atoms with Crippen molar-refractivity contribution in [3.8, 4) is 0 Å². The lowest BCUT2D eigenvalue weighted by Gasteiger charge is -2.07. The Labute approximate surface area is 88.5 Å². The molecule has 16 heavy (non-hydrogen) atoms. The smallest absolute Gasteiger partial charge is 0.297 e. The molecular formula is C10H7F3N2O. The summed E-state index contributed by atoms with van der Waals surface area (Å²) < 4.78 is 38.9. The number of hydrogen-bond acceptors (Lipinski definition) is 2. The summed E-state index contributed by atoms with van der Waals surface area (Å²) >= 11 is 0. The number of fused-ring (bicyclic) bond motifs is 1. The normalized spacial score (nSPS) is 12.0. The van der Waals surface area contributed by atoms with E-state index in [0.29, 0.717) is 0 Å². The highest BCUT2D eigenvalue weighted by Gasteiger charge is 2.34. The fourth-order valence-corrected chi connectivity index (χ4v) is 1.49. The molecule has 0 bridgehead atoms. The van der Waals surface area contributed by atoms with Crippen molar-refractivity contribution in [1.29, 1.82) is 0 Å². The van der Waals surface area contributed by atoms with Gasteiger partial charge in [0.2, 0.25) is 0 Å². The van der Waals surface area contributed by atoms with E-state index in [0.717, 1.165) is 16.7 Å². The summed E-state index contributed by atoms with van der Waals surface area (Å²) in [5, 5.41) is 0. The molecule has 0 atom stereocenters. The number of ketones is 1. The third-order valence-corrected chi connectivity index (χ3v) is 2.20. The number of pyridine rings is 1. The molecule has 0 radical (unpaired) electrons. The van der Waals surface area contributed by atoms with Crippen LogP contribution in [-0.2, 0) is 6.18 Å². The van der Waals surface area contributed by atoms with Gasteiger partial charge in [0.05, 0.1) is 11.8 Å². The lowest BCUT2D eigenvalue weighted by Crippen LogP contribution is -2.08. The van der Waals surface area contributed by atoms with E-state index in [1.54, 1.807) is 0 Å². The summed E-state index contributed by atoms with van der Waals surface area (Å²) in [6, 6.07) is 2.18. The summed E-state index contributed by atoms with van der Waals surface area (Å²) in [6.07, 6.45) is -1.94. The molecule has 0 aliphatic heterocycles. The van der Waals surface area contributed by atoms with Crippen molar-refractivity contribution in [3.05, 3.63) is 35.8 Å². The van der Waals surface area contributed by atoms with Crippen LogP contribution in [0.15, 0.2) is 24.5 Å². The molecule has 84 valence electrons. The zero-order valence-electron chi connectivity index (χ0n) is 8.25. The van der Waals surface area contributed by atoms with Crippen molar-refractivity contribution in [1.82, 2.24) is 9.38 Å². The second-order valence-electron chi connectivity index (χ2n) is 3.31. The fourth-order valence-electron chi connectivity index (χ4n) is 1.49. The average molecular weight is 228 g/mol. The Hall–Kier alpha value is -1.85. The first-order valence-electron chi connectivity index (χ1n) is 4.45. The van der Waals surface area contributed by atoms with Gasteiger partial charge >= 0.3 is 6.18 Å². The van der Waals surface area contributed by atoms with Gasteiger partial charge < -0.3 is 0 Å². The predicted octanol–water partition coefficient (Wildman–Crippen LogP) is 2.56. The van der Waals surface area contributed by atoms with Crippen molar-refractivity contribution in [3.63, 3.8) is 0 Å². The molecule has 0 N–H and O–H groups in total. The maximum Gasteiger partial charge on any atom is 0.419 e. The maximum absolute atomic E-state index is 12.6. The van der Waals surface area contributed by atoms with Crippen LogP contribution in [0, 0.1) is 0 Å². The molecule has 0 aliphatic rings. The van der Waals surface area contributed by atoms with Crippen LogP contribution in [0.3, 0.4) is 0 Å². The van der Waals surface area contributed by atoms with Crippen molar-refractivity contribution in [2.24, 2.45) is 0 Å². The van der Waals surface area contributed by atoms with E-state index in [1.807, 2.05) is 0 Å². The molecule has 0 saturated carbocycles.